The first-order chi connectivity index (χ1) is 36.2. The summed E-state index contributed by atoms with van der Waals surface area (Å²) in [5.41, 5.74) is 30.6. The average Bonchev–Trinajstić information content (AvgIpc) is 4.29. The first kappa shape index (κ1) is 43.2. The van der Waals surface area contributed by atoms with Crippen LogP contribution in [-0.4, -0.2) is 19.9 Å². The van der Waals surface area contributed by atoms with Crippen molar-refractivity contribution in [2.45, 2.75) is 0 Å². The summed E-state index contributed by atoms with van der Waals surface area (Å²) in [6.45, 7) is 0. The molecule has 0 amide bonds. The molecule has 5 heteroatoms. The molecule has 0 fully saturated rings. The fourth-order valence-electron chi connectivity index (χ4n) is 10.7. The maximum atomic E-state index is 6.48. The van der Waals surface area contributed by atoms with Crippen LogP contribution in [0.5, 0.6) is 0 Å². The number of benzene rings is 8. The van der Waals surface area contributed by atoms with Gasteiger partial charge in [0.25, 0.3) is 0 Å². The molecular weight excluding hydrogens is 887 g/mol. The van der Waals surface area contributed by atoms with E-state index in [0.29, 0.717) is 5.69 Å². The molecule has 4 N–H and O–H groups in total. The van der Waals surface area contributed by atoms with Gasteiger partial charge in [-0.25, -0.2) is 9.97 Å². The summed E-state index contributed by atoms with van der Waals surface area (Å²) >= 11 is 0. The molecule has 8 bridgehead atoms. The van der Waals surface area contributed by atoms with Crippen LogP contribution in [0.4, 0.5) is 5.69 Å². The van der Waals surface area contributed by atoms with Crippen LogP contribution in [0.25, 0.3) is 88.9 Å². The molecule has 5 heterocycles. The van der Waals surface area contributed by atoms with Gasteiger partial charge in [-0.2, -0.15) is 0 Å². The Hall–Kier alpha value is -9.84. The highest BCUT2D eigenvalue weighted by molar-refractivity contribution is 6.15. The molecule has 5 nitrogen and oxygen atoms in total. The Balaban J connectivity index is 1.33. The number of aromatic amines is 2. The highest BCUT2D eigenvalue weighted by Gasteiger charge is 2.32. The number of nitrogens with zero attached hydrogens (tertiary/aromatic N) is 2. The van der Waals surface area contributed by atoms with Gasteiger partial charge in [0.05, 0.1) is 22.8 Å². The molecule has 0 unspecified atom stereocenters. The number of rotatable bonds is 8. The van der Waals surface area contributed by atoms with Gasteiger partial charge in [-0.3, -0.25) is 0 Å². The third kappa shape index (κ3) is 7.77. The molecule has 0 saturated carbocycles. The normalized spacial score (nSPS) is 12.3. The van der Waals surface area contributed by atoms with Crippen molar-refractivity contribution < 1.29 is 0 Å². The van der Waals surface area contributed by atoms with Crippen LogP contribution >= 0.6 is 0 Å². The van der Waals surface area contributed by atoms with Crippen LogP contribution in [0.15, 0.2) is 261 Å². The molecular formula is C68H47N5. The molecule has 0 spiro atoms. The zero-order chi connectivity index (χ0) is 48.7. The lowest BCUT2D eigenvalue weighted by molar-refractivity contribution is 1.29. The van der Waals surface area contributed by atoms with E-state index < -0.39 is 0 Å². The molecule has 0 aliphatic carbocycles. The van der Waals surface area contributed by atoms with Gasteiger partial charge in [-0.1, -0.05) is 224 Å². The molecule has 344 valence electrons. The largest absolute Gasteiger partial charge is 0.399 e. The molecule has 73 heavy (non-hydrogen) atoms. The number of fused-ring (bicyclic) bond motifs is 8. The number of nitrogen functional groups attached to an aromatic ring is 1. The maximum Gasteiger partial charge on any atom is 0.0822 e. The molecule has 0 radical (unpaired) electrons. The number of hydrogen-bond acceptors (Lipinski definition) is 3. The van der Waals surface area contributed by atoms with Crippen molar-refractivity contribution in [1.29, 1.82) is 0 Å². The summed E-state index contributed by atoms with van der Waals surface area (Å²) < 4.78 is 0. The fraction of sp³-hybridized carbons (Fsp3) is 0. The van der Waals surface area contributed by atoms with Gasteiger partial charge < -0.3 is 15.7 Å². The lowest BCUT2D eigenvalue weighted by atomic mass is 9.88. The topological polar surface area (TPSA) is 83.4 Å². The maximum absolute atomic E-state index is 6.48. The zero-order valence-electron chi connectivity index (χ0n) is 39.8. The monoisotopic (exact) mass is 933 g/mol. The predicted octanol–water partition coefficient (Wildman–Crippen LogP) is 16.6. The Kier molecular flexibility index (Phi) is 10.9. The first-order valence-electron chi connectivity index (χ1n) is 24.7. The predicted molar refractivity (Wildman–Crippen MR) is 303 cm³/mol. The van der Waals surface area contributed by atoms with Crippen molar-refractivity contribution in [3.8, 4) is 44.5 Å². The van der Waals surface area contributed by atoms with Gasteiger partial charge in [0, 0.05) is 72.3 Å². The molecule has 3 aromatic heterocycles. The van der Waals surface area contributed by atoms with E-state index >= 15 is 0 Å². The van der Waals surface area contributed by atoms with E-state index in [1.807, 2.05) is 12.1 Å². The van der Waals surface area contributed by atoms with E-state index in [4.69, 9.17) is 15.7 Å². The summed E-state index contributed by atoms with van der Waals surface area (Å²) in [5, 5.41) is 0. The summed E-state index contributed by atoms with van der Waals surface area (Å²) in [5.74, 6) is 0. The Morgan fingerprint density at radius 1 is 0.219 bits per heavy atom. The van der Waals surface area contributed by atoms with Crippen molar-refractivity contribution in [2.75, 3.05) is 5.73 Å². The van der Waals surface area contributed by atoms with E-state index in [2.05, 4.69) is 259 Å². The molecule has 2 aliphatic rings. The Morgan fingerprint density at radius 3 is 0.658 bits per heavy atom. The quantitative estimate of drug-likeness (QED) is 0.133. The second-order valence-electron chi connectivity index (χ2n) is 18.4. The van der Waals surface area contributed by atoms with Crippen molar-refractivity contribution in [3.63, 3.8) is 0 Å². The molecule has 8 aromatic carbocycles. The van der Waals surface area contributed by atoms with Gasteiger partial charge in [0.2, 0.25) is 0 Å². The number of anilines is 1. The van der Waals surface area contributed by atoms with Crippen LogP contribution in [0.2, 0.25) is 0 Å². The minimum Gasteiger partial charge on any atom is -0.399 e. The minimum absolute atomic E-state index is 0.684. The van der Waals surface area contributed by atoms with Crippen molar-refractivity contribution in [3.05, 3.63) is 306 Å². The highest BCUT2D eigenvalue weighted by atomic mass is 14.8. The number of H-pyrrole nitrogens is 2. The second-order valence-corrected chi connectivity index (χ2v) is 18.4. The lowest BCUT2D eigenvalue weighted by Gasteiger charge is -2.14. The van der Waals surface area contributed by atoms with Crippen LogP contribution in [0.3, 0.4) is 0 Å². The third-order valence-corrected chi connectivity index (χ3v) is 13.9. The van der Waals surface area contributed by atoms with Crippen LogP contribution in [0.1, 0.15) is 45.0 Å². The number of aromatic nitrogens is 4. The van der Waals surface area contributed by atoms with Crippen molar-refractivity contribution >= 4 is 50.0 Å². The Morgan fingerprint density at radius 2 is 0.425 bits per heavy atom. The van der Waals surface area contributed by atoms with Gasteiger partial charge in [-0.05, 0) is 80.9 Å². The summed E-state index contributed by atoms with van der Waals surface area (Å²) in [6.07, 6.45) is 0. The summed E-state index contributed by atoms with van der Waals surface area (Å²) in [7, 11) is 0. The van der Waals surface area contributed by atoms with Gasteiger partial charge in [-0.15, -0.1) is 0 Å². The summed E-state index contributed by atoms with van der Waals surface area (Å²) in [6, 6.07) is 91.9. The lowest BCUT2D eigenvalue weighted by Crippen LogP contribution is -1.95. The van der Waals surface area contributed by atoms with E-state index in [1.165, 1.54) is 0 Å². The van der Waals surface area contributed by atoms with Gasteiger partial charge in [0.15, 0.2) is 0 Å². The van der Waals surface area contributed by atoms with Crippen molar-refractivity contribution in [2.24, 2.45) is 0 Å². The van der Waals surface area contributed by atoms with Crippen LogP contribution in [-0.2, 0) is 0 Å². The third-order valence-electron chi connectivity index (χ3n) is 13.9. The number of nitrogens with two attached hydrogens (primary N) is 1. The smallest absolute Gasteiger partial charge is 0.0822 e. The molecule has 0 atom stereocenters. The van der Waals surface area contributed by atoms with Gasteiger partial charge in [0.1, 0.15) is 0 Å². The molecule has 2 aliphatic heterocycles. The average molecular weight is 934 g/mol. The van der Waals surface area contributed by atoms with E-state index in [0.717, 1.165) is 134 Å². The number of nitrogens with one attached hydrogen (secondary N) is 2. The van der Waals surface area contributed by atoms with E-state index in [9.17, 15) is 0 Å². The standard InChI is InChI=1S/C68H47N5/c69-52-38-36-51(37-39-52)60-56-43-42-55(71-56)59(46-26-12-3-13-27-46)66-62(48-30-16-5-17-31-48)61(47-28-14-4-15-29-47)65(72-66)57(44-22-8-1-9-23-44)53-40-41-54(70-53)58(45-24-10-2-11-25-45)67-63(49-32-18-6-19-33-49)64(68(60)73-67)50-34-20-7-21-35-50/h1-43,70-71H,69H2. The molecule has 0 saturated heterocycles. The second kappa shape index (κ2) is 18.5. The van der Waals surface area contributed by atoms with Crippen molar-refractivity contribution in [1.82, 2.24) is 19.9 Å². The first-order valence-corrected chi connectivity index (χ1v) is 24.7. The Labute approximate surface area is 424 Å². The minimum atomic E-state index is 0.684. The van der Waals surface area contributed by atoms with Crippen LogP contribution in [0, 0.1) is 0 Å². The van der Waals surface area contributed by atoms with Crippen LogP contribution < -0.4 is 5.73 Å². The molecule has 11 aromatic rings. The van der Waals surface area contributed by atoms with E-state index in [-0.39, 0.29) is 0 Å². The van der Waals surface area contributed by atoms with Gasteiger partial charge >= 0.3 is 0 Å². The fourth-order valence-corrected chi connectivity index (χ4v) is 10.7. The zero-order valence-corrected chi connectivity index (χ0v) is 39.8. The van der Waals surface area contributed by atoms with E-state index in [1.54, 1.807) is 0 Å². The summed E-state index contributed by atoms with van der Waals surface area (Å²) in [4.78, 5) is 20.1. The Bertz CT molecular complexity index is 4030. The number of hydrogen-bond donors (Lipinski definition) is 3. The molecule has 13 rings (SSSR count). The SMILES string of the molecule is Nc1ccc(-c2c3nc(c(-c4ccccc4)c4ccc([nH]4)c(-c4ccccc4)c4nc(c(-c5ccccc5)c5ccc2[nH]5)C(c2ccccc2)=C4c2ccccc2)C(c2ccccc2)=C3c2ccccc2)cc1. The highest BCUT2D eigenvalue weighted by Crippen LogP contribution is 2.50.